The lowest BCUT2D eigenvalue weighted by Crippen LogP contribution is -2.44. The molecule has 0 bridgehead atoms. The molecule has 2 aliphatic rings. The third kappa shape index (κ3) is 3.64. The van der Waals surface area contributed by atoms with Gasteiger partial charge in [-0.05, 0) is 57.0 Å². The Morgan fingerprint density at radius 2 is 1.81 bits per heavy atom. The SMILES string of the molecule is Cc1ccc(C)n1-c1ccc(Cl)c(C(=O)N2CCCC(C3OCCO3)C2)c1. The molecule has 2 fully saturated rings. The lowest BCUT2D eigenvalue weighted by atomic mass is 9.96. The van der Waals surface area contributed by atoms with Crippen LogP contribution in [0, 0.1) is 19.8 Å². The van der Waals surface area contributed by atoms with Gasteiger partial charge in [-0.15, -0.1) is 0 Å². The highest BCUT2D eigenvalue weighted by molar-refractivity contribution is 6.33. The van der Waals surface area contributed by atoms with E-state index < -0.39 is 0 Å². The fourth-order valence-electron chi connectivity index (χ4n) is 4.13. The molecule has 1 amide bonds. The molecule has 2 saturated heterocycles. The van der Waals surface area contributed by atoms with Gasteiger partial charge in [-0.1, -0.05) is 11.6 Å². The minimum absolute atomic E-state index is 0.0213. The number of aryl methyl sites for hydroxylation is 2. The highest BCUT2D eigenvalue weighted by atomic mass is 35.5. The lowest BCUT2D eigenvalue weighted by molar-refractivity contribution is -0.0969. The van der Waals surface area contributed by atoms with Crippen molar-refractivity contribution in [3.05, 3.63) is 52.3 Å². The summed E-state index contributed by atoms with van der Waals surface area (Å²) in [5.74, 6) is 0.202. The average Bonchev–Trinajstić information content (AvgIpc) is 3.32. The van der Waals surface area contributed by atoms with Gasteiger partial charge in [0.2, 0.25) is 0 Å². The smallest absolute Gasteiger partial charge is 0.255 e. The van der Waals surface area contributed by atoms with Crippen molar-refractivity contribution in [3.8, 4) is 5.69 Å². The van der Waals surface area contributed by atoms with Crippen LogP contribution in [0.5, 0.6) is 0 Å². The zero-order valence-electron chi connectivity index (χ0n) is 15.8. The summed E-state index contributed by atoms with van der Waals surface area (Å²) in [6, 6.07) is 9.81. The molecule has 6 heteroatoms. The third-order valence-electron chi connectivity index (χ3n) is 5.49. The second kappa shape index (κ2) is 7.66. The van der Waals surface area contributed by atoms with Gasteiger partial charge < -0.3 is 18.9 Å². The molecule has 2 aliphatic heterocycles. The molecular formula is C21H25ClN2O3. The average molecular weight is 389 g/mol. The Balaban J connectivity index is 1.58. The Morgan fingerprint density at radius 1 is 1.11 bits per heavy atom. The summed E-state index contributed by atoms with van der Waals surface area (Å²) in [4.78, 5) is 15.1. The van der Waals surface area contributed by atoms with E-state index in [-0.39, 0.29) is 18.1 Å². The van der Waals surface area contributed by atoms with Crippen LogP contribution in [0.1, 0.15) is 34.6 Å². The van der Waals surface area contributed by atoms with Crippen LogP contribution in [0.4, 0.5) is 0 Å². The zero-order valence-corrected chi connectivity index (χ0v) is 16.5. The van der Waals surface area contributed by atoms with Crippen LogP contribution < -0.4 is 0 Å². The van der Waals surface area contributed by atoms with Crippen molar-refractivity contribution in [2.24, 2.45) is 5.92 Å². The maximum absolute atomic E-state index is 13.2. The van der Waals surface area contributed by atoms with Crippen LogP contribution in [0.25, 0.3) is 5.69 Å². The molecule has 4 rings (SSSR count). The number of rotatable bonds is 3. The van der Waals surface area contributed by atoms with Gasteiger partial charge in [0.05, 0.1) is 23.8 Å². The maximum atomic E-state index is 13.2. The van der Waals surface area contributed by atoms with Crippen LogP contribution in [0.15, 0.2) is 30.3 Å². The minimum Gasteiger partial charge on any atom is -0.350 e. The topological polar surface area (TPSA) is 43.7 Å². The van der Waals surface area contributed by atoms with E-state index in [9.17, 15) is 4.79 Å². The van der Waals surface area contributed by atoms with Crippen molar-refractivity contribution in [2.45, 2.75) is 33.0 Å². The number of halogens is 1. The van der Waals surface area contributed by atoms with Gasteiger partial charge in [0.25, 0.3) is 5.91 Å². The molecule has 0 aliphatic carbocycles. The zero-order chi connectivity index (χ0) is 19.0. The molecule has 27 heavy (non-hydrogen) atoms. The maximum Gasteiger partial charge on any atom is 0.255 e. The van der Waals surface area contributed by atoms with E-state index in [2.05, 4.69) is 30.5 Å². The van der Waals surface area contributed by atoms with Gasteiger partial charge in [0.1, 0.15) is 0 Å². The lowest BCUT2D eigenvalue weighted by Gasteiger charge is -2.35. The second-order valence-corrected chi connectivity index (χ2v) is 7.79. The molecule has 0 N–H and O–H groups in total. The van der Waals surface area contributed by atoms with Gasteiger partial charge in [-0.2, -0.15) is 0 Å². The number of carbonyl (C=O) groups excluding carboxylic acids is 1. The standard InChI is InChI=1S/C21H25ClN2O3/c1-14-5-6-15(2)24(14)17-7-8-19(22)18(12-17)20(25)23-9-3-4-16(13-23)21-26-10-11-27-21/h5-8,12,16,21H,3-4,9-11,13H2,1-2H3. The Kier molecular flexibility index (Phi) is 5.26. The van der Waals surface area contributed by atoms with E-state index in [0.717, 1.165) is 36.5 Å². The highest BCUT2D eigenvalue weighted by Crippen LogP contribution is 2.28. The first-order valence-electron chi connectivity index (χ1n) is 9.52. The number of ether oxygens (including phenoxy) is 2. The summed E-state index contributed by atoms with van der Waals surface area (Å²) in [6.07, 6.45) is 1.78. The first kappa shape index (κ1) is 18.5. The number of piperidine rings is 1. The number of hydrogen-bond acceptors (Lipinski definition) is 3. The third-order valence-corrected chi connectivity index (χ3v) is 5.82. The predicted octanol–water partition coefficient (Wildman–Crippen LogP) is 3.97. The summed E-state index contributed by atoms with van der Waals surface area (Å²) in [6.45, 7) is 6.77. The van der Waals surface area contributed by atoms with Gasteiger partial charge in [-0.3, -0.25) is 4.79 Å². The second-order valence-electron chi connectivity index (χ2n) is 7.38. The molecule has 144 valence electrons. The molecule has 0 radical (unpaired) electrons. The Labute approximate surface area is 164 Å². The summed E-state index contributed by atoms with van der Waals surface area (Å²) >= 11 is 6.41. The number of benzene rings is 1. The van der Waals surface area contributed by atoms with Crippen molar-refractivity contribution >= 4 is 17.5 Å². The fourth-order valence-corrected chi connectivity index (χ4v) is 4.33. The van der Waals surface area contributed by atoms with Crippen molar-refractivity contribution in [3.63, 3.8) is 0 Å². The minimum atomic E-state index is -0.187. The number of nitrogens with zero attached hydrogens (tertiary/aromatic N) is 2. The summed E-state index contributed by atoms with van der Waals surface area (Å²) in [5, 5.41) is 0.488. The van der Waals surface area contributed by atoms with Gasteiger partial charge >= 0.3 is 0 Å². The molecule has 3 heterocycles. The molecule has 1 aromatic heterocycles. The Hall–Kier alpha value is -1.82. The van der Waals surface area contributed by atoms with Crippen LogP contribution in [0.2, 0.25) is 5.02 Å². The van der Waals surface area contributed by atoms with Crippen LogP contribution in [-0.2, 0) is 9.47 Å². The highest BCUT2D eigenvalue weighted by Gasteiger charge is 2.33. The molecule has 0 saturated carbocycles. The van der Waals surface area contributed by atoms with Crippen molar-refractivity contribution in [2.75, 3.05) is 26.3 Å². The van der Waals surface area contributed by atoms with E-state index in [4.69, 9.17) is 21.1 Å². The number of carbonyl (C=O) groups is 1. The quantitative estimate of drug-likeness (QED) is 0.799. The summed E-state index contributed by atoms with van der Waals surface area (Å²) < 4.78 is 13.4. The first-order chi connectivity index (χ1) is 13.0. The van der Waals surface area contributed by atoms with Gasteiger partial charge in [-0.25, -0.2) is 0 Å². The van der Waals surface area contributed by atoms with Crippen LogP contribution in [-0.4, -0.2) is 48.0 Å². The molecule has 5 nitrogen and oxygen atoms in total. The molecular weight excluding hydrogens is 364 g/mol. The Bertz CT molecular complexity index is 822. The van der Waals surface area contributed by atoms with E-state index in [1.165, 1.54) is 0 Å². The number of aromatic nitrogens is 1. The van der Waals surface area contributed by atoms with E-state index in [0.29, 0.717) is 30.3 Å². The molecule has 1 atom stereocenters. The molecule has 2 aromatic rings. The fraction of sp³-hybridized carbons (Fsp3) is 0.476. The van der Waals surface area contributed by atoms with Crippen LogP contribution in [0.3, 0.4) is 0 Å². The van der Waals surface area contributed by atoms with E-state index in [1.54, 1.807) is 0 Å². The summed E-state index contributed by atoms with van der Waals surface area (Å²) in [5.41, 5.74) is 3.76. The van der Waals surface area contributed by atoms with Crippen molar-refractivity contribution < 1.29 is 14.3 Å². The molecule has 1 unspecified atom stereocenters. The Morgan fingerprint density at radius 3 is 2.52 bits per heavy atom. The number of hydrogen-bond donors (Lipinski definition) is 0. The molecule has 0 spiro atoms. The van der Waals surface area contributed by atoms with Crippen molar-refractivity contribution in [1.82, 2.24) is 9.47 Å². The monoisotopic (exact) mass is 388 g/mol. The number of amides is 1. The normalized spacial score (nSPS) is 21.0. The largest absolute Gasteiger partial charge is 0.350 e. The van der Waals surface area contributed by atoms with E-state index >= 15 is 0 Å². The predicted molar refractivity (Wildman–Crippen MR) is 105 cm³/mol. The summed E-state index contributed by atoms with van der Waals surface area (Å²) in [7, 11) is 0. The van der Waals surface area contributed by atoms with E-state index in [1.807, 2.05) is 23.1 Å². The van der Waals surface area contributed by atoms with Gasteiger partial charge in [0.15, 0.2) is 6.29 Å². The first-order valence-corrected chi connectivity index (χ1v) is 9.90. The number of likely N-dealkylation sites (tertiary alicyclic amines) is 1. The van der Waals surface area contributed by atoms with Gasteiger partial charge in [0, 0.05) is 36.1 Å². The molecule has 1 aromatic carbocycles. The van der Waals surface area contributed by atoms with Crippen molar-refractivity contribution in [1.29, 1.82) is 0 Å². The van der Waals surface area contributed by atoms with Crippen LogP contribution >= 0.6 is 11.6 Å².